The van der Waals surface area contributed by atoms with Crippen LogP contribution in [0.4, 0.5) is 0 Å². The Morgan fingerprint density at radius 3 is 2.33 bits per heavy atom. The number of aromatic nitrogens is 1. The van der Waals surface area contributed by atoms with Gasteiger partial charge in [0.05, 0.1) is 15.6 Å². The normalized spacial score (nSPS) is 11.5. The van der Waals surface area contributed by atoms with Gasteiger partial charge in [0.15, 0.2) is 5.78 Å². The molecule has 0 N–H and O–H groups in total. The number of carbonyl (C=O) groups excluding carboxylic acids is 1. The maximum absolute atomic E-state index is 11.6. The van der Waals surface area contributed by atoms with E-state index in [4.69, 9.17) is 0 Å². The Balaban J connectivity index is 2.79. The molecule has 1 rings (SSSR count). The Kier molecular flexibility index (Phi) is 5.96. The third kappa shape index (κ3) is 3.89. The molecule has 0 saturated carbocycles. The molecule has 0 aliphatic rings. The first kappa shape index (κ1) is 15.3. The summed E-state index contributed by atoms with van der Waals surface area (Å²) in [7, 11) is 0. The zero-order chi connectivity index (χ0) is 13.7. The predicted molar refractivity (Wildman–Crippen MR) is 77.7 cm³/mol. The van der Waals surface area contributed by atoms with Gasteiger partial charge >= 0.3 is 0 Å². The molecule has 0 spiro atoms. The van der Waals surface area contributed by atoms with Gasteiger partial charge in [0.25, 0.3) is 0 Å². The first-order valence-electron chi connectivity index (χ1n) is 6.72. The lowest BCUT2D eigenvalue weighted by molar-refractivity contribution is 0.102. The largest absolute Gasteiger partial charge is 0.303 e. The lowest BCUT2D eigenvalue weighted by atomic mass is 10.1. The van der Waals surface area contributed by atoms with Gasteiger partial charge in [-0.15, -0.1) is 11.3 Å². The van der Waals surface area contributed by atoms with Crippen LogP contribution in [-0.4, -0.2) is 35.3 Å². The van der Waals surface area contributed by atoms with Crippen molar-refractivity contribution in [1.29, 1.82) is 0 Å². The first-order valence-corrected chi connectivity index (χ1v) is 7.54. The van der Waals surface area contributed by atoms with Gasteiger partial charge in [-0.3, -0.25) is 4.79 Å². The SMILES string of the molecule is CCN(CC)CCc1nc(C(C)C)c(C(C)=O)s1. The second kappa shape index (κ2) is 7.00. The van der Waals surface area contributed by atoms with Crippen molar-refractivity contribution in [3.63, 3.8) is 0 Å². The second-order valence-electron chi connectivity index (χ2n) is 4.81. The number of likely N-dealkylation sites (N-methyl/N-ethyl adjacent to an activating group) is 1. The number of carbonyl (C=O) groups is 1. The third-order valence-corrected chi connectivity index (χ3v) is 4.33. The molecule has 0 saturated heterocycles. The van der Waals surface area contributed by atoms with Crippen LogP contribution in [0.1, 0.15) is 60.9 Å². The van der Waals surface area contributed by atoms with Crippen molar-refractivity contribution in [3.05, 3.63) is 15.6 Å². The van der Waals surface area contributed by atoms with Crippen LogP contribution in [0.25, 0.3) is 0 Å². The molecule has 0 bridgehead atoms. The van der Waals surface area contributed by atoms with Gasteiger partial charge in [-0.2, -0.15) is 0 Å². The van der Waals surface area contributed by atoms with Gasteiger partial charge in [-0.25, -0.2) is 4.98 Å². The number of Topliss-reactive ketones (excluding diaryl/α,β-unsaturated/α-hetero) is 1. The highest BCUT2D eigenvalue weighted by molar-refractivity contribution is 7.13. The van der Waals surface area contributed by atoms with Crippen molar-refractivity contribution >= 4 is 17.1 Å². The molecule has 0 aliphatic heterocycles. The summed E-state index contributed by atoms with van der Waals surface area (Å²) in [5, 5.41) is 1.09. The Hall–Kier alpha value is -0.740. The van der Waals surface area contributed by atoms with Crippen molar-refractivity contribution in [3.8, 4) is 0 Å². The van der Waals surface area contributed by atoms with Crippen LogP contribution in [0.15, 0.2) is 0 Å². The van der Waals surface area contributed by atoms with E-state index < -0.39 is 0 Å². The predicted octanol–water partition coefficient (Wildman–Crippen LogP) is 3.35. The molecule has 0 unspecified atom stereocenters. The third-order valence-electron chi connectivity index (χ3n) is 3.10. The van der Waals surface area contributed by atoms with Crippen molar-refractivity contribution in [2.45, 2.75) is 47.0 Å². The number of ketones is 1. The molecule has 18 heavy (non-hydrogen) atoms. The lowest BCUT2D eigenvalue weighted by Gasteiger charge is -2.16. The minimum atomic E-state index is 0.144. The Labute approximate surface area is 114 Å². The highest BCUT2D eigenvalue weighted by Crippen LogP contribution is 2.26. The van der Waals surface area contributed by atoms with Gasteiger partial charge in [-0.05, 0) is 19.0 Å². The molecule has 0 aromatic carbocycles. The van der Waals surface area contributed by atoms with Gasteiger partial charge in [0.1, 0.15) is 0 Å². The van der Waals surface area contributed by atoms with Gasteiger partial charge in [0.2, 0.25) is 0 Å². The molecule has 0 aliphatic carbocycles. The average molecular weight is 268 g/mol. The summed E-state index contributed by atoms with van der Waals surface area (Å²) >= 11 is 1.57. The van der Waals surface area contributed by atoms with Gasteiger partial charge in [-0.1, -0.05) is 27.7 Å². The molecular weight excluding hydrogens is 244 g/mol. The van der Waals surface area contributed by atoms with E-state index in [1.54, 1.807) is 18.3 Å². The standard InChI is InChI=1S/C14H24N2OS/c1-6-16(7-2)9-8-12-15-13(10(3)4)14(18-12)11(5)17/h10H,6-9H2,1-5H3. The van der Waals surface area contributed by atoms with Crippen LogP contribution in [-0.2, 0) is 6.42 Å². The van der Waals surface area contributed by atoms with Crippen molar-refractivity contribution < 1.29 is 4.79 Å². The highest BCUT2D eigenvalue weighted by atomic mass is 32.1. The molecule has 0 amide bonds. The van der Waals surface area contributed by atoms with E-state index in [0.717, 1.165) is 41.6 Å². The molecule has 0 radical (unpaired) electrons. The fourth-order valence-electron chi connectivity index (χ4n) is 1.92. The van der Waals surface area contributed by atoms with E-state index >= 15 is 0 Å². The first-order chi connectivity index (χ1) is 8.49. The molecular formula is C14H24N2OS. The summed E-state index contributed by atoms with van der Waals surface area (Å²) in [4.78, 5) is 19.5. The summed E-state index contributed by atoms with van der Waals surface area (Å²) < 4.78 is 0. The van der Waals surface area contributed by atoms with Crippen LogP contribution >= 0.6 is 11.3 Å². The Morgan fingerprint density at radius 1 is 1.33 bits per heavy atom. The van der Waals surface area contributed by atoms with E-state index in [2.05, 4.69) is 37.6 Å². The quantitative estimate of drug-likeness (QED) is 0.711. The summed E-state index contributed by atoms with van der Waals surface area (Å²) in [5.74, 6) is 0.465. The van der Waals surface area contributed by atoms with E-state index in [-0.39, 0.29) is 5.78 Å². The van der Waals surface area contributed by atoms with E-state index in [1.807, 2.05) is 0 Å². The van der Waals surface area contributed by atoms with Crippen LogP contribution < -0.4 is 0 Å². The minimum Gasteiger partial charge on any atom is -0.303 e. The molecule has 102 valence electrons. The molecule has 0 fully saturated rings. The summed E-state index contributed by atoms with van der Waals surface area (Å²) in [6.45, 7) is 13.3. The summed E-state index contributed by atoms with van der Waals surface area (Å²) in [5.41, 5.74) is 0.974. The lowest BCUT2D eigenvalue weighted by Crippen LogP contribution is -2.25. The molecule has 3 nitrogen and oxygen atoms in total. The maximum atomic E-state index is 11.6. The Morgan fingerprint density at radius 2 is 1.94 bits per heavy atom. The number of hydrogen-bond acceptors (Lipinski definition) is 4. The van der Waals surface area contributed by atoms with Crippen LogP contribution in [0.5, 0.6) is 0 Å². The maximum Gasteiger partial charge on any atom is 0.171 e. The zero-order valence-corrected chi connectivity index (χ0v) is 12.9. The Bertz CT molecular complexity index is 394. The van der Waals surface area contributed by atoms with E-state index in [1.165, 1.54) is 0 Å². The molecule has 0 atom stereocenters. The van der Waals surface area contributed by atoms with E-state index in [0.29, 0.717) is 5.92 Å². The van der Waals surface area contributed by atoms with Crippen LogP contribution in [0, 0.1) is 0 Å². The zero-order valence-electron chi connectivity index (χ0n) is 12.1. The fourth-order valence-corrected chi connectivity index (χ4v) is 3.02. The number of rotatable bonds is 7. The smallest absolute Gasteiger partial charge is 0.171 e. The topological polar surface area (TPSA) is 33.2 Å². The van der Waals surface area contributed by atoms with Gasteiger partial charge in [0, 0.05) is 19.9 Å². The fraction of sp³-hybridized carbons (Fsp3) is 0.714. The van der Waals surface area contributed by atoms with Gasteiger partial charge < -0.3 is 4.90 Å². The molecule has 1 aromatic heterocycles. The number of hydrogen-bond donors (Lipinski definition) is 0. The average Bonchev–Trinajstić information content (AvgIpc) is 2.75. The minimum absolute atomic E-state index is 0.144. The highest BCUT2D eigenvalue weighted by Gasteiger charge is 2.17. The summed E-state index contributed by atoms with van der Waals surface area (Å²) in [6.07, 6.45) is 0.944. The van der Waals surface area contributed by atoms with E-state index in [9.17, 15) is 4.79 Å². The molecule has 4 heteroatoms. The monoisotopic (exact) mass is 268 g/mol. The van der Waals surface area contributed by atoms with Crippen molar-refractivity contribution in [2.24, 2.45) is 0 Å². The number of thiazole rings is 1. The van der Waals surface area contributed by atoms with Crippen molar-refractivity contribution in [2.75, 3.05) is 19.6 Å². The van der Waals surface area contributed by atoms with Crippen LogP contribution in [0.2, 0.25) is 0 Å². The number of nitrogens with zero attached hydrogens (tertiary/aromatic N) is 2. The molecule has 1 aromatic rings. The summed E-state index contributed by atoms with van der Waals surface area (Å²) in [6, 6.07) is 0. The molecule has 1 heterocycles. The van der Waals surface area contributed by atoms with Crippen LogP contribution in [0.3, 0.4) is 0 Å². The van der Waals surface area contributed by atoms with Crippen molar-refractivity contribution in [1.82, 2.24) is 9.88 Å². The second-order valence-corrected chi connectivity index (χ2v) is 5.89.